The first kappa shape index (κ1) is 19.7. The molecular formula is C20H29FO3Si. The van der Waals surface area contributed by atoms with Crippen LogP contribution in [0, 0.1) is 5.82 Å². The fourth-order valence-electron chi connectivity index (χ4n) is 2.67. The van der Waals surface area contributed by atoms with Crippen LogP contribution in [0.15, 0.2) is 18.2 Å². The van der Waals surface area contributed by atoms with Crippen molar-refractivity contribution >= 4 is 20.0 Å². The van der Waals surface area contributed by atoms with Crippen molar-refractivity contribution in [2.24, 2.45) is 0 Å². The fourth-order valence-corrected chi connectivity index (χ4v) is 3.70. The molecule has 0 heterocycles. The lowest BCUT2D eigenvalue weighted by Crippen LogP contribution is -2.40. The van der Waals surface area contributed by atoms with E-state index in [4.69, 9.17) is 9.16 Å². The molecule has 2 rings (SSSR count). The lowest BCUT2D eigenvalue weighted by Gasteiger charge is -2.37. The van der Waals surface area contributed by atoms with Gasteiger partial charge >= 0.3 is 5.97 Å². The average molecular weight is 365 g/mol. The van der Waals surface area contributed by atoms with Crippen molar-refractivity contribution in [3.63, 3.8) is 0 Å². The number of hydrogen-bond donors (Lipinski definition) is 0. The van der Waals surface area contributed by atoms with Gasteiger partial charge in [0.05, 0.1) is 12.2 Å². The van der Waals surface area contributed by atoms with Gasteiger partial charge in [-0.2, -0.15) is 0 Å². The summed E-state index contributed by atoms with van der Waals surface area (Å²) in [5.74, 6) is -0.441. The molecule has 0 aromatic heterocycles. The lowest BCUT2D eigenvalue weighted by atomic mass is 9.86. The zero-order valence-electron chi connectivity index (χ0n) is 16.5. The van der Waals surface area contributed by atoms with Gasteiger partial charge in [-0.25, -0.2) is 9.18 Å². The van der Waals surface area contributed by atoms with E-state index in [0.717, 1.165) is 16.9 Å². The predicted octanol–water partition coefficient (Wildman–Crippen LogP) is 5.66. The van der Waals surface area contributed by atoms with Gasteiger partial charge in [-0.15, -0.1) is 0 Å². The summed E-state index contributed by atoms with van der Waals surface area (Å²) < 4.78 is 25.9. The molecule has 3 nitrogen and oxygen atoms in total. The molecule has 1 aromatic carbocycles. The second-order valence-corrected chi connectivity index (χ2v) is 13.4. The van der Waals surface area contributed by atoms with Crippen LogP contribution in [-0.2, 0) is 14.6 Å². The number of benzene rings is 1. The first-order chi connectivity index (χ1) is 11.3. The molecule has 0 spiro atoms. The Morgan fingerprint density at radius 2 is 1.84 bits per heavy atom. The molecule has 1 aromatic rings. The molecule has 0 saturated heterocycles. The van der Waals surface area contributed by atoms with E-state index in [9.17, 15) is 9.18 Å². The molecule has 0 unspecified atom stereocenters. The highest BCUT2D eigenvalue weighted by molar-refractivity contribution is 6.74. The topological polar surface area (TPSA) is 35.5 Å². The van der Waals surface area contributed by atoms with E-state index in [1.54, 1.807) is 13.0 Å². The Hall–Kier alpha value is -1.62. The fraction of sp³-hybridized carbons (Fsp3) is 0.550. The number of esters is 1. The van der Waals surface area contributed by atoms with E-state index in [2.05, 4.69) is 33.9 Å². The molecule has 0 radical (unpaired) electrons. The molecule has 0 atom stereocenters. The van der Waals surface area contributed by atoms with Crippen LogP contribution in [0.25, 0.3) is 5.76 Å². The minimum absolute atomic E-state index is 0.0389. The van der Waals surface area contributed by atoms with Crippen molar-refractivity contribution in [2.75, 3.05) is 6.61 Å². The summed E-state index contributed by atoms with van der Waals surface area (Å²) in [6.45, 7) is 16.8. The van der Waals surface area contributed by atoms with Crippen molar-refractivity contribution < 1.29 is 18.3 Å². The van der Waals surface area contributed by atoms with Crippen LogP contribution in [0.2, 0.25) is 18.1 Å². The molecule has 0 fully saturated rings. The minimum Gasteiger partial charge on any atom is -0.543 e. The molecule has 1 aliphatic carbocycles. The molecule has 0 bridgehead atoms. The maximum atomic E-state index is 14.5. The summed E-state index contributed by atoms with van der Waals surface area (Å²) in [7, 11) is -2.05. The number of carbonyl (C=O) groups is 1. The van der Waals surface area contributed by atoms with Crippen LogP contribution in [0.4, 0.5) is 4.39 Å². The van der Waals surface area contributed by atoms with E-state index in [-0.39, 0.29) is 22.6 Å². The summed E-state index contributed by atoms with van der Waals surface area (Å²) in [5, 5.41) is 0.0464. The second kappa shape index (κ2) is 6.27. The predicted molar refractivity (Wildman–Crippen MR) is 102 cm³/mol. The third-order valence-electron chi connectivity index (χ3n) is 5.23. The maximum absolute atomic E-state index is 14.5. The van der Waals surface area contributed by atoms with Crippen LogP contribution in [-0.4, -0.2) is 20.9 Å². The number of carbonyl (C=O) groups excluding carboxylic acids is 1. The summed E-state index contributed by atoms with van der Waals surface area (Å²) in [6.07, 6.45) is 2.03. The normalized spacial score (nSPS) is 16.3. The second-order valence-electron chi connectivity index (χ2n) is 8.69. The van der Waals surface area contributed by atoms with Crippen LogP contribution in [0.3, 0.4) is 0 Å². The van der Waals surface area contributed by atoms with Gasteiger partial charge in [0.15, 0.2) is 0 Å². The first-order valence-electron chi connectivity index (χ1n) is 8.73. The van der Waals surface area contributed by atoms with Crippen LogP contribution < -0.4 is 0 Å². The molecule has 138 valence electrons. The van der Waals surface area contributed by atoms with E-state index in [0.29, 0.717) is 0 Å². The summed E-state index contributed by atoms with van der Waals surface area (Å²) in [5.41, 5.74) is 1.25. The molecule has 0 N–H and O–H groups in total. The molecule has 25 heavy (non-hydrogen) atoms. The van der Waals surface area contributed by atoms with Crippen molar-refractivity contribution in [1.29, 1.82) is 0 Å². The molecule has 0 saturated carbocycles. The number of fused-ring (bicyclic) bond motifs is 1. The Kier molecular flexibility index (Phi) is 4.94. The van der Waals surface area contributed by atoms with Crippen molar-refractivity contribution in [3.05, 3.63) is 40.7 Å². The molecule has 1 aliphatic rings. The van der Waals surface area contributed by atoms with Gasteiger partial charge in [-0.05, 0) is 48.8 Å². The van der Waals surface area contributed by atoms with Gasteiger partial charge < -0.3 is 9.16 Å². The Morgan fingerprint density at radius 1 is 1.24 bits per heavy atom. The number of allylic oxidation sites excluding steroid dienone is 1. The van der Waals surface area contributed by atoms with Crippen molar-refractivity contribution in [2.45, 2.75) is 65.1 Å². The summed E-state index contributed by atoms with van der Waals surface area (Å²) >= 11 is 0. The molecule has 0 aliphatic heterocycles. The van der Waals surface area contributed by atoms with E-state index >= 15 is 0 Å². The summed E-state index contributed by atoms with van der Waals surface area (Å²) in [6, 6.07) is 3.02. The number of rotatable bonds is 4. The zero-order chi connectivity index (χ0) is 19.2. The van der Waals surface area contributed by atoms with Gasteiger partial charge in [0.2, 0.25) is 8.32 Å². The Morgan fingerprint density at radius 3 is 2.36 bits per heavy atom. The highest BCUT2D eigenvalue weighted by Gasteiger charge is 2.42. The SMILES string of the molecule is CCOC(=O)c1cc2c(cc1F)C(C)(C)C=C2O[Si](C)(C)C(C)(C)C. The third kappa shape index (κ3) is 3.66. The highest BCUT2D eigenvalue weighted by Crippen LogP contribution is 2.46. The van der Waals surface area contributed by atoms with Gasteiger partial charge in [0.1, 0.15) is 11.6 Å². The smallest absolute Gasteiger partial charge is 0.341 e. The number of halogens is 1. The van der Waals surface area contributed by atoms with E-state index in [1.165, 1.54) is 6.07 Å². The van der Waals surface area contributed by atoms with Gasteiger partial charge in [0, 0.05) is 11.0 Å². The third-order valence-corrected chi connectivity index (χ3v) is 9.57. The van der Waals surface area contributed by atoms with Gasteiger partial charge in [-0.1, -0.05) is 34.6 Å². The van der Waals surface area contributed by atoms with Crippen molar-refractivity contribution in [1.82, 2.24) is 0 Å². The maximum Gasteiger partial charge on any atom is 0.341 e. The van der Waals surface area contributed by atoms with Crippen LogP contribution in [0.5, 0.6) is 0 Å². The first-order valence-corrected chi connectivity index (χ1v) is 11.6. The number of hydrogen-bond acceptors (Lipinski definition) is 3. The Labute approximate surface area is 151 Å². The Bertz CT molecular complexity index is 727. The average Bonchev–Trinajstić information content (AvgIpc) is 2.67. The molecule has 0 amide bonds. The van der Waals surface area contributed by atoms with Crippen molar-refractivity contribution in [3.8, 4) is 0 Å². The standard InChI is InChI=1S/C20H29FO3Si/c1-9-23-18(22)14-10-13-15(11-16(14)21)20(5,6)12-17(13)24-25(7,8)19(2,3)4/h10-12H,9H2,1-8H3. The van der Waals surface area contributed by atoms with Crippen LogP contribution in [0.1, 0.15) is 63.0 Å². The van der Waals surface area contributed by atoms with Crippen LogP contribution >= 0.6 is 0 Å². The zero-order valence-corrected chi connectivity index (χ0v) is 17.5. The molecular weight excluding hydrogens is 335 g/mol. The van der Waals surface area contributed by atoms with Gasteiger partial charge in [0.25, 0.3) is 0 Å². The lowest BCUT2D eigenvalue weighted by molar-refractivity contribution is 0.0521. The monoisotopic (exact) mass is 364 g/mol. The number of ether oxygens (including phenoxy) is 1. The van der Waals surface area contributed by atoms with Gasteiger partial charge in [-0.3, -0.25) is 0 Å². The van der Waals surface area contributed by atoms with E-state index < -0.39 is 20.1 Å². The minimum atomic E-state index is -2.05. The highest BCUT2D eigenvalue weighted by atomic mass is 28.4. The summed E-state index contributed by atoms with van der Waals surface area (Å²) in [4.78, 5) is 12.1. The Balaban J connectivity index is 2.52. The quantitative estimate of drug-likeness (QED) is 0.511. The van der Waals surface area contributed by atoms with E-state index in [1.807, 2.05) is 19.9 Å². The molecule has 5 heteroatoms. The largest absolute Gasteiger partial charge is 0.543 e.